The summed E-state index contributed by atoms with van der Waals surface area (Å²) in [7, 11) is -2.90. The molecule has 0 radical (unpaired) electrons. The van der Waals surface area contributed by atoms with Crippen LogP contribution in [-0.2, 0) is 16.4 Å². The molecular formula is C19H31N5O2S. The first-order valence-corrected chi connectivity index (χ1v) is 11.8. The van der Waals surface area contributed by atoms with Gasteiger partial charge in [0, 0.05) is 31.9 Å². The van der Waals surface area contributed by atoms with Crippen molar-refractivity contribution in [2.75, 3.05) is 36.0 Å². The molecule has 7 nitrogen and oxygen atoms in total. The molecule has 8 heteroatoms. The Bertz CT molecular complexity index is 725. The highest BCUT2D eigenvalue weighted by molar-refractivity contribution is 7.91. The molecule has 2 aliphatic heterocycles. The minimum absolute atomic E-state index is 0.0589. The Kier molecular flexibility index (Phi) is 6.93. The van der Waals surface area contributed by atoms with Crippen LogP contribution in [0, 0.1) is 0 Å². The zero-order valence-electron chi connectivity index (χ0n) is 16.2. The molecule has 2 fully saturated rings. The largest absolute Gasteiger partial charge is 0.357 e. The summed E-state index contributed by atoms with van der Waals surface area (Å²) in [5.74, 6) is 2.15. The van der Waals surface area contributed by atoms with E-state index in [9.17, 15) is 8.42 Å². The molecule has 2 N–H and O–H groups in total. The van der Waals surface area contributed by atoms with Gasteiger partial charge in [-0.2, -0.15) is 0 Å². The SMILES string of the molecule is CCNC(=NCc1ccc(N2CCCCCC2)nc1)NC1CCS(=O)(=O)C1. The molecule has 1 atom stereocenters. The summed E-state index contributed by atoms with van der Waals surface area (Å²) in [5, 5.41) is 6.44. The number of rotatable bonds is 5. The maximum absolute atomic E-state index is 11.6. The Hall–Kier alpha value is -1.83. The predicted octanol–water partition coefficient (Wildman–Crippen LogP) is 1.70. The van der Waals surface area contributed by atoms with Crippen LogP contribution in [0.15, 0.2) is 23.3 Å². The van der Waals surface area contributed by atoms with Gasteiger partial charge in [0.25, 0.3) is 0 Å². The van der Waals surface area contributed by atoms with E-state index in [1.807, 2.05) is 13.1 Å². The first-order valence-electron chi connectivity index (χ1n) is 10.0. The lowest BCUT2D eigenvalue weighted by atomic mass is 10.2. The van der Waals surface area contributed by atoms with Crippen molar-refractivity contribution in [1.29, 1.82) is 0 Å². The second-order valence-electron chi connectivity index (χ2n) is 7.37. The van der Waals surface area contributed by atoms with Crippen molar-refractivity contribution in [1.82, 2.24) is 15.6 Å². The fraction of sp³-hybridized carbons (Fsp3) is 0.684. The van der Waals surface area contributed by atoms with Crippen LogP contribution in [-0.4, -0.2) is 56.5 Å². The summed E-state index contributed by atoms with van der Waals surface area (Å²) < 4.78 is 23.3. The van der Waals surface area contributed by atoms with E-state index in [2.05, 4.69) is 37.6 Å². The third-order valence-electron chi connectivity index (χ3n) is 5.08. The van der Waals surface area contributed by atoms with E-state index in [-0.39, 0.29) is 17.5 Å². The van der Waals surface area contributed by atoms with Crippen LogP contribution in [0.3, 0.4) is 0 Å². The van der Waals surface area contributed by atoms with Gasteiger partial charge in [0.1, 0.15) is 5.82 Å². The topological polar surface area (TPSA) is 86.7 Å². The van der Waals surface area contributed by atoms with Crippen molar-refractivity contribution in [2.45, 2.75) is 51.6 Å². The van der Waals surface area contributed by atoms with E-state index in [0.29, 0.717) is 18.9 Å². The standard InChI is InChI=1S/C19H31N5O2S/c1-2-20-19(23-17-9-12-27(25,26)15-17)22-14-16-7-8-18(21-13-16)24-10-5-3-4-6-11-24/h7-8,13,17H,2-6,9-12,14-15H2,1H3,(H2,20,22,23). The molecule has 1 aromatic rings. The summed E-state index contributed by atoms with van der Waals surface area (Å²) in [5.41, 5.74) is 1.05. The highest BCUT2D eigenvalue weighted by atomic mass is 32.2. The van der Waals surface area contributed by atoms with Gasteiger partial charge >= 0.3 is 0 Å². The molecule has 0 amide bonds. The van der Waals surface area contributed by atoms with E-state index < -0.39 is 9.84 Å². The molecule has 2 saturated heterocycles. The van der Waals surface area contributed by atoms with Crippen LogP contribution in [0.1, 0.15) is 44.6 Å². The van der Waals surface area contributed by atoms with Crippen molar-refractivity contribution in [2.24, 2.45) is 4.99 Å². The molecule has 1 aromatic heterocycles. The number of nitrogens with zero attached hydrogens (tertiary/aromatic N) is 3. The molecular weight excluding hydrogens is 362 g/mol. The van der Waals surface area contributed by atoms with Gasteiger partial charge in [0.2, 0.25) is 0 Å². The number of hydrogen-bond acceptors (Lipinski definition) is 5. The maximum atomic E-state index is 11.6. The third-order valence-corrected chi connectivity index (χ3v) is 6.84. The van der Waals surface area contributed by atoms with Crippen molar-refractivity contribution in [3.05, 3.63) is 23.9 Å². The summed E-state index contributed by atoms with van der Waals surface area (Å²) in [4.78, 5) is 11.6. The van der Waals surface area contributed by atoms with Crippen molar-refractivity contribution in [3.63, 3.8) is 0 Å². The van der Waals surface area contributed by atoms with Crippen molar-refractivity contribution >= 4 is 21.6 Å². The first-order chi connectivity index (χ1) is 13.1. The van der Waals surface area contributed by atoms with Crippen molar-refractivity contribution < 1.29 is 8.42 Å². The Morgan fingerprint density at radius 1 is 1.26 bits per heavy atom. The lowest BCUT2D eigenvalue weighted by molar-refractivity contribution is 0.599. The minimum Gasteiger partial charge on any atom is -0.357 e. The van der Waals surface area contributed by atoms with Gasteiger partial charge in [0.15, 0.2) is 15.8 Å². The number of pyridine rings is 1. The molecule has 27 heavy (non-hydrogen) atoms. The fourth-order valence-electron chi connectivity index (χ4n) is 3.59. The summed E-state index contributed by atoms with van der Waals surface area (Å²) in [6, 6.07) is 4.11. The van der Waals surface area contributed by atoms with Crippen LogP contribution in [0.4, 0.5) is 5.82 Å². The second kappa shape index (κ2) is 9.39. The van der Waals surface area contributed by atoms with Crippen LogP contribution in [0.2, 0.25) is 0 Å². The number of hydrogen-bond donors (Lipinski definition) is 2. The highest BCUT2D eigenvalue weighted by Crippen LogP contribution is 2.17. The number of aliphatic imine (C=N–C) groups is 1. The molecule has 0 aromatic carbocycles. The lowest BCUT2D eigenvalue weighted by Crippen LogP contribution is -2.44. The first kappa shape index (κ1) is 19.9. The molecule has 150 valence electrons. The molecule has 3 heterocycles. The summed E-state index contributed by atoms with van der Waals surface area (Å²) >= 11 is 0. The minimum atomic E-state index is -2.90. The zero-order valence-corrected chi connectivity index (χ0v) is 17.0. The molecule has 1 unspecified atom stereocenters. The Morgan fingerprint density at radius 3 is 2.63 bits per heavy atom. The van der Waals surface area contributed by atoms with Gasteiger partial charge in [-0.3, -0.25) is 0 Å². The molecule has 0 saturated carbocycles. The van der Waals surface area contributed by atoms with E-state index in [4.69, 9.17) is 0 Å². The maximum Gasteiger partial charge on any atom is 0.191 e. The van der Waals surface area contributed by atoms with E-state index >= 15 is 0 Å². The van der Waals surface area contributed by atoms with Crippen LogP contribution in [0.5, 0.6) is 0 Å². The number of aromatic nitrogens is 1. The smallest absolute Gasteiger partial charge is 0.191 e. The number of nitrogens with one attached hydrogen (secondary N) is 2. The zero-order chi connectivity index (χ0) is 19.1. The lowest BCUT2D eigenvalue weighted by Gasteiger charge is -2.21. The second-order valence-corrected chi connectivity index (χ2v) is 9.59. The van der Waals surface area contributed by atoms with E-state index in [1.54, 1.807) is 0 Å². The third kappa shape index (κ3) is 6.09. The molecule has 0 aliphatic carbocycles. The number of anilines is 1. The van der Waals surface area contributed by atoms with Gasteiger partial charge in [0.05, 0.1) is 18.1 Å². The van der Waals surface area contributed by atoms with Crippen LogP contribution in [0.25, 0.3) is 0 Å². The van der Waals surface area contributed by atoms with E-state index in [0.717, 1.165) is 31.0 Å². The van der Waals surface area contributed by atoms with Crippen LogP contribution >= 0.6 is 0 Å². The Morgan fingerprint density at radius 2 is 2.04 bits per heavy atom. The van der Waals surface area contributed by atoms with Gasteiger partial charge < -0.3 is 15.5 Å². The number of guanidine groups is 1. The van der Waals surface area contributed by atoms with Gasteiger partial charge in [-0.05, 0) is 37.8 Å². The molecule has 0 bridgehead atoms. The average molecular weight is 394 g/mol. The molecule has 3 rings (SSSR count). The summed E-state index contributed by atoms with van der Waals surface area (Å²) in [6.07, 6.45) is 7.63. The Balaban J connectivity index is 1.58. The van der Waals surface area contributed by atoms with Gasteiger partial charge in [-0.15, -0.1) is 0 Å². The normalized spacial score (nSPS) is 23.1. The quantitative estimate of drug-likeness (QED) is 0.585. The number of sulfone groups is 1. The van der Waals surface area contributed by atoms with Crippen LogP contribution < -0.4 is 15.5 Å². The Labute approximate surface area is 162 Å². The predicted molar refractivity (Wildman–Crippen MR) is 110 cm³/mol. The van der Waals surface area contributed by atoms with Gasteiger partial charge in [-0.25, -0.2) is 18.4 Å². The highest BCUT2D eigenvalue weighted by Gasteiger charge is 2.28. The summed E-state index contributed by atoms with van der Waals surface area (Å²) in [6.45, 7) is 5.42. The molecule has 0 spiro atoms. The van der Waals surface area contributed by atoms with E-state index in [1.165, 1.54) is 25.7 Å². The van der Waals surface area contributed by atoms with Crippen molar-refractivity contribution in [3.8, 4) is 0 Å². The average Bonchev–Trinajstić information content (AvgIpc) is 2.86. The fourth-order valence-corrected chi connectivity index (χ4v) is 5.26. The monoisotopic (exact) mass is 393 g/mol. The molecule has 2 aliphatic rings. The van der Waals surface area contributed by atoms with Gasteiger partial charge in [-0.1, -0.05) is 18.9 Å².